The Morgan fingerprint density at radius 3 is 2.41 bits per heavy atom. The summed E-state index contributed by atoms with van der Waals surface area (Å²) in [4.78, 5) is 0. The fourth-order valence-corrected chi connectivity index (χ4v) is 1.67. The maximum atomic E-state index is 5.54. The standard InChI is InChI=1S/C13H19BrO3/c1-15-7-2-8-16-9-10-17-13-5-3-12(11-14)4-6-13/h3-6H,2,7-11H2,1H3. The van der Waals surface area contributed by atoms with Gasteiger partial charge in [-0.15, -0.1) is 0 Å². The Balaban J connectivity index is 2.05. The van der Waals surface area contributed by atoms with Gasteiger partial charge < -0.3 is 14.2 Å². The quantitative estimate of drug-likeness (QED) is 0.518. The Labute approximate surface area is 111 Å². The van der Waals surface area contributed by atoms with Gasteiger partial charge in [0, 0.05) is 25.7 Å². The minimum Gasteiger partial charge on any atom is -0.491 e. The maximum absolute atomic E-state index is 5.54. The largest absolute Gasteiger partial charge is 0.491 e. The van der Waals surface area contributed by atoms with Gasteiger partial charge in [-0.3, -0.25) is 0 Å². The molecule has 0 aromatic heterocycles. The lowest BCUT2D eigenvalue weighted by atomic mass is 10.2. The minimum absolute atomic E-state index is 0.584. The molecular formula is C13H19BrO3. The van der Waals surface area contributed by atoms with Crippen molar-refractivity contribution >= 4 is 15.9 Å². The van der Waals surface area contributed by atoms with E-state index in [2.05, 4.69) is 15.9 Å². The lowest BCUT2D eigenvalue weighted by Gasteiger charge is -2.07. The third kappa shape index (κ3) is 6.66. The van der Waals surface area contributed by atoms with Crippen LogP contribution in [0, 0.1) is 0 Å². The van der Waals surface area contributed by atoms with Crippen LogP contribution in [0.2, 0.25) is 0 Å². The van der Waals surface area contributed by atoms with E-state index in [1.165, 1.54) is 5.56 Å². The number of benzene rings is 1. The minimum atomic E-state index is 0.584. The predicted octanol–water partition coefficient (Wildman–Crippen LogP) is 3.01. The lowest BCUT2D eigenvalue weighted by Crippen LogP contribution is -2.08. The molecule has 0 amide bonds. The van der Waals surface area contributed by atoms with E-state index in [0.717, 1.165) is 30.7 Å². The summed E-state index contributed by atoms with van der Waals surface area (Å²) in [5, 5.41) is 0.871. The Morgan fingerprint density at radius 1 is 1.00 bits per heavy atom. The molecule has 0 unspecified atom stereocenters. The molecule has 0 N–H and O–H groups in total. The first-order chi connectivity index (χ1) is 8.36. The molecule has 1 rings (SSSR count). The van der Waals surface area contributed by atoms with Gasteiger partial charge in [-0.25, -0.2) is 0 Å². The molecule has 4 heteroatoms. The van der Waals surface area contributed by atoms with E-state index in [4.69, 9.17) is 14.2 Å². The molecule has 96 valence electrons. The van der Waals surface area contributed by atoms with Crippen LogP contribution < -0.4 is 4.74 Å². The Morgan fingerprint density at radius 2 is 1.76 bits per heavy atom. The normalized spacial score (nSPS) is 10.5. The van der Waals surface area contributed by atoms with E-state index < -0.39 is 0 Å². The zero-order chi connectivity index (χ0) is 12.3. The van der Waals surface area contributed by atoms with E-state index in [1.807, 2.05) is 24.3 Å². The van der Waals surface area contributed by atoms with Crippen molar-refractivity contribution < 1.29 is 14.2 Å². The molecule has 0 saturated carbocycles. The zero-order valence-corrected chi connectivity index (χ0v) is 11.7. The topological polar surface area (TPSA) is 27.7 Å². The molecular weight excluding hydrogens is 284 g/mol. The summed E-state index contributed by atoms with van der Waals surface area (Å²) in [5.41, 5.74) is 1.24. The average Bonchev–Trinajstić information content (AvgIpc) is 2.38. The summed E-state index contributed by atoms with van der Waals surface area (Å²) in [7, 11) is 1.69. The van der Waals surface area contributed by atoms with Crippen LogP contribution in [0.3, 0.4) is 0 Å². The monoisotopic (exact) mass is 302 g/mol. The Bertz CT molecular complexity index is 287. The van der Waals surface area contributed by atoms with Crippen molar-refractivity contribution in [3.8, 4) is 5.75 Å². The molecule has 0 fully saturated rings. The third-order valence-corrected chi connectivity index (χ3v) is 2.86. The van der Waals surface area contributed by atoms with Gasteiger partial charge >= 0.3 is 0 Å². The Hall–Kier alpha value is -0.580. The first-order valence-corrected chi connectivity index (χ1v) is 6.83. The highest BCUT2D eigenvalue weighted by atomic mass is 79.9. The summed E-state index contributed by atoms with van der Waals surface area (Å²) in [6.07, 6.45) is 0.927. The second kappa shape index (κ2) is 9.45. The summed E-state index contributed by atoms with van der Waals surface area (Å²) < 4.78 is 15.9. The number of hydrogen-bond acceptors (Lipinski definition) is 3. The molecule has 1 aromatic rings. The molecule has 1 aromatic carbocycles. The molecule has 0 aliphatic carbocycles. The van der Waals surface area contributed by atoms with E-state index in [0.29, 0.717) is 13.2 Å². The fraction of sp³-hybridized carbons (Fsp3) is 0.538. The van der Waals surface area contributed by atoms with Gasteiger partial charge in [0.05, 0.1) is 6.61 Å². The smallest absolute Gasteiger partial charge is 0.119 e. The number of ether oxygens (including phenoxy) is 3. The van der Waals surface area contributed by atoms with Gasteiger partial charge in [0.25, 0.3) is 0 Å². The van der Waals surface area contributed by atoms with Crippen LogP contribution in [-0.4, -0.2) is 33.5 Å². The second-order valence-corrected chi connectivity index (χ2v) is 4.15. The number of rotatable bonds is 9. The zero-order valence-electron chi connectivity index (χ0n) is 10.2. The summed E-state index contributed by atoms with van der Waals surface area (Å²) in [5.74, 6) is 0.884. The van der Waals surface area contributed by atoms with Crippen LogP contribution in [0.1, 0.15) is 12.0 Å². The van der Waals surface area contributed by atoms with Gasteiger partial charge in [0.15, 0.2) is 0 Å². The van der Waals surface area contributed by atoms with Crippen LogP contribution in [0.15, 0.2) is 24.3 Å². The highest BCUT2D eigenvalue weighted by molar-refractivity contribution is 9.08. The molecule has 0 aliphatic rings. The molecule has 0 aliphatic heterocycles. The summed E-state index contributed by atoms with van der Waals surface area (Å²) in [6.45, 7) is 2.67. The molecule has 0 saturated heterocycles. The van der Waals surface area contributed by atoms with Gasteiger partial charge in [-0.1, -0.05) is 28.1 Å². The van der Waals surface area contributed by atoms with Crippen LogP contribution in [0.4, 0.5) is 0 Å². The Kier molecular flexibility index (Phi) is 8.05. The lowest BCUT2D eigenvalue weighted by molar-refractivity contribution is 0.0806. The van der Waals surface area contributed by atoms with Crippen molar-refractivity contribution in [1.29, 1.82) is 0 Å². The molecule has 17 heavy (non-hydrogen) atoms. The highest BCUT2D eigenvalue weighted by Gasteiger charge is 1.95. The summed E-state index contributed by atoms with van der Waals surface area (Å²) in [6, 6.07) is 8.04. The van der Waals surface area contributed by atoms with Crippen LogP contribution >= 0.6 is 15.9 Å². The molecule has 0 heterocycles. The van der Waals surface area contributed by atoms with E-state index >= 15 is 0 Å². The number of halogens is 1. The fourth-order valence-electron chi connectivity index (χ4n) is 1.30. The van der Waals surface area contributed by atoms with Gasteiger partial charge in [0.2, 0.25) is 0 Å². The van der Waals surface area contributed by atoms with Crippen molar-refractivity contribution in [1.82, 2.24) is 0 Å². The van der Waals surface area contributed by atoms with E-state index in [9.17, 15) is 0 Å². The summed E-state index contributed by atoms with van der Waals surface area (Å²) >= 11 is 3.40. The van der Waals surface area contributed by atoms with Crippen molar-refractivity contribution in [2.45, 2.75) is 11.8 Å². The van der Waals surface area contributed by atoms with Gasteiger partial charge in [0.1, 0.15) is 12.4 Å². The average molecular weight is 303 g/mol. The van der Waals surface area contributed by atoms with E-state index in [1.54, 1.807) is 7.11 Å². The molecule has 0 radical (unpaired) electrons. The molecule has 0 spiro atoms. The van der Waals surface area contributed by atoms with Crippen LogP contribution in [0.25, 0.3) is 0 Å². The third-order valence-electron chi connectivity index (χ3n) is 2.21. The van der Waals surface area contributed by atoms with Crippen molar-refractivity contribution in [2.75, 3.05) is 33.5 Å². The molecule has 0 atom stereocenters. The van der Waals surface area contributed by atoms with E-state index in [-0.39, 0.29) is 0 Å². The maximum Gasteiger partial charge on any atom is 0.119 e. The van der Waals surface area contributed by atoms with Crippen molar-refractivity contribution in [3.63, 3.8) is 0 Å². The number of hydrogen-bond donors (Lipinski definition) is 0. The number of methoxy groups -OCH3 is 1. The van der Waals surface area contributed by atoms with Crippen LogP contribution in [-0.2, 0) is 14.8 Å². The van der Waals surface area contributed by atoms with Crippen molar-refractivity contribution in [2.24, 2.45) is 0 Å². The SMILES string of the molecule is COCCCOCCOc1ccc(CBr)cc1. The van der Waals surface area contributed by atoms with Gasteiger partial charge in [-0.05, 0) is 24.1 Å². The second-order valence-electron chi connectivity index (χ2n) is 3.58. The first kappa shape index (κ1) is 14.5. The number of alkyl halides is 1. The van der Waals surface area contributed by atoms with Crippen LogP contribution in [0.5, 0.6) is 5.75 Å². The van der Waals surface area contributed by atoms with Crippen molar-refractivity contribution in [3.05, 3.63) is 29.8 Å². The highest BCUT2D eigenvalue weighted by Crippen LogP contribution is 2.13. The molecule has 0 bridgehead atoms. The predicted molar refractivity (Wildman–Crippen MR) is 71.9 cm³/mol. The van der Waals surface area contributed by atoms with Gasteiger partial charge in [-0.2, -0.15) is 0 Å². The molecule has 3 nitrogen and oxygen atoms in total. The first-order valence-electron chi connectivity index (χ1n) is 5.71.